The Hall–Kier alpha value is -1.16. The number of halogens is 1. The molecule has 0 aliphatic carbocycles. The molecule has 1 N–H and O–H groups in total. The Bertz CT molecular complexity index is 618. The van der Waals surface area contributed by atoms with Crippen LogP contribution in [-0.4, -0.2) is 73.2 Å². The topological polar surface area (TPSA) is 87.5 Å². The van der Waals surface area contributed by atoms with Crippen LogP contribution in [0.15, 0.2) is 11.2 Å². The summed E-state index contributed by atoms with van der Waals surface area (Å²) in [6.45, 7) is 5.26. The van der Waals surface area contributed by atoms with Gasteiger partial charge in [0.05, 0.1) is 11.2 Å². The third-order valence-electron chi connectivity index (χ3n) is 3.63. The second-order valence-corrected chi connectivity index (χ2v) is 7.26. The van der Waals surface area contributed by atoms with Gasteiger partial charge in [0.15, 0.2) is 5.03 Å². The fourth-order valence-electron chi connectivity index (χ4n) is 2.39. The van der Waals surface area contributed by atoms with Gasteiger partial charge in [-0.3, -0.25) is 14.4 Å². The SMILES string of the molecule is CC(=O)N1CCN(CCNS(=O)(=O)c2c(Cl)cnn2C)CC1. The maximum Gasteiger partial charge on any atom is 0.259 e. The molecule has 1 aliphatic rings. The van der Waals surface area contributed by atoms with Gasteiger partial charge in [-0.1, -0.05) is 11.6 Å². The molecule has 0 atom stereocenters. The normalized spacial score (nSPS) is 17.0. The first-order valence-electron chi connectivity index (χ1n) is 6.96. The summed E-state index contributed by atoms with van der Waals surface area (Å²) in [5, 5.41) is 3.89. The molecule has 2 heterocycles. The van der Waals surface area contributed by atoms with Crippen molar-refractivity contribution in [1.29, 1.82) is 0 Å². The van der Waals surface area contributed by atoms with E-state index in [4.69, 9.17) is 11.6 Å². The van der Waals surface area contributed by atoms with E-state index >= 15 is 0 Å². The number of nitrogens with zero attached hydrogens (tertiary/aromatic N) is 4. The molecule has 22 heavy (non-hydrogen) atoms. The number of sulfonamides is 1. The summed E-state index contributed by atoms with van der Waals surface area (Å²) in [4.78, 5) is 15.1. The second-order valence-electron chi connectivity index (χ2n) is 5.17. The minimum absolute atomic E-state index is 0.0319. The van der Waals surface area contributed by atoms with Crippen molar-refractivity contribution in [3.05, 3.63) is 11.2 Å². The number of hydrogen-bond donors (Lipinski definition) is 1. The van der Waals surface area contributed by atoms with Crippen molar-refractivity contribution in [2.24, 2.45) is 7.05 Å². The van der Waals surface area contributed by atoms with Crippen molar-refractivity contribution in [3.8, 4) is 0 Å². The Balaban J connectivity index is 1.83. The van der Waals surface area contributed by atoms with Gasteiger partial charge in [0.1, 0.15) is 0 Å². The molecule has 0 spiro atoms. The molecule has 8 nitrogen and oxygen atoms in total. The first-order valence-corrected chi connectivity index (χ1v) is 8.82. The zero-order valence-electron chi connectivity index (χ0n) is 12.6. The van der Waals surface area contributed by atoms with Crippen LogP contribution in [0.1, 0.15) is 6.92 Å². The summed E-state index contributed by atoms with van der Waals surface area (Å²) in [6.07, 6.45) is 1.30. The number of carbonyl (C=O) groups excluding carboxylic acids is 1. The average Bonchev–Trinajstić information content (AvgIpc) is 2.79. The smallest absolute Gasteiger partial charge is 0.259 e. The van der Waals surface area contributed by atoms with Gasteiger partial charge in [0.25, 0.3) is 10.0 Å². The molecule has 1 saturated heterocycles. The van der Waals surface area contributed by atoms with Crippen molar-refractivity contribution >= 4 is 27.5 Å². The molecule has 0 saturated carbocycles. The zero-order valence-corrected chi connectivity index (χ0v) is 14.2. The monoisotopic (exact) mass is 349 g/mol. The highest BCUT2D eigenvalue weighted by molar-refractivity contribution is 7.89. The molecular formula is C12H20ClN5O3S. The highest BCUT2D eigenvalue weighted by Gasteiger charge is 2.23. The standard InChI is InChI=1S/C12H20ClN5O3S/c1-10(19)18-7-5-17(6-8-18)4-3-15-22(20,21)12-11(13)9-14-16(12)2/h9,15H,3-8H2,1-2H3. The Morgan fingerprint density at radius 1 is 1.36 bits per heavy atom. The number of amides is 1. The van der Waals surface area contributed by atoms with Gasteiger partial charge in [0, 0.05) is 53.2 Å². The van der Waals surface area contributed by atoms with Crippen molar-refractivity contribution in [2.45, 2.75) is 11.9 Å². The predicted molar refractivity (Wildman–Crippen MR) is 82.1 cm³/mol. The van der Waals surface area contributed by atoms with E-state index in [0.29, 0.717) is 19.6 Å². The lowest BCUT2D eigenvalue weighted by Gasteiger charge is -2.34. The fourth-order valence-corrected chi connectivity index (χ4v) is 4.07. The van der Waals surface area contributed by atoms with Crippen LogP contribution in [0.3, 0.4) is 0 Å². The van der Waals surface area contributed by atoms with E-state index < -0.39 is 10.0 Å². The third kappa shape index (κ3) is 3.97. The molecule has 1 aromatic heterocycles. The molecule has 0 unspecified atom stereocenters. The van der Waals surface area contributed by atoms with Gasteiger partial charge in [-0.15, -0.1) is 0 Å². The van der Waals surface area contributed by atoms with E-state index in [0.717, 1.165) is 13.1 Å². The Morgan fingerprint density at radius 2 is 2.00 bits per heavy atom. The predicted octanol–water partition coefficient (Wildman–Crippen LogP) is -0.484. The zero-order chi connectivity index (χ0) is 16.3. The van der Waals surface area contributed by atoms with E-state index in [2.05, 4.69) is 14.7 Å². The Labute approximate surface area is 135 Å². The molecule has 1 fully saturated rings. The van der Waals surface area contributed by atoms with Crippen molar-refractivity contribution in [1.82, 2.24) is 24.3 Å². The number of rotatable bonds is 5. The summed E-state index contributed by atoms with van der Waals surface area (Å²) in [5.41, 5.74) is 0. The summed E-state index contributed by atoms with van der Waals surface area (Å²) >= 11 is 5.85. The number of nitrogens with one attached hydrogen (secondary N) is 1. The van der Waals surface area contributed by atoms with Gasteiger partial charge < -0.3 is 4.90 Å². The lowest BCUT2D eigenvalue weighted by atomic mass is 10.3. The Kier molecular flexibility index (Phi) is 5.43. The van der Waals surface area contributed by atoms with Crippen molar-refractivity contribution < 1.29 is 13.2 Å². The van der Waals surface area contributed by atoms with Crippen LogP contribution in [0, 0.1) is 0 Å². The fraction of sp³-hybridized carbons (Fsp3) is 0.667. The molecule has 2 rings (SSSR count). The molecule has 0 radical (unpaired) electrons. The van der Waals surface area contributed by atoms with E-state index in [1.54, 1.807) is 11.8 Å². The van der Waals surface area contributed by atoms with Crippen molar-refractivity contribution in [3.63, 3.8) is 0 Å². The molecule has 1 amide bonds. The summed E-state index contributed by atoms with van der Waals surface area (Å²) in [6, 6.07) is 0. The van der Waals surface area contributed by atoms with E-state index in [1.807, 2.05) is 0 Å². The minimum Gasteiger partial charge on any atom is -0.340 e. The number of hydrogen-bond acceptors (Lipinski definition) is 5. The maximum absolute atomic E-state index is 12.2. The first-order chi connectivity index (χ1) is 10.3. The summed E-state index contributed by atoms with van der Waals surface area (Å²) < 4.78 is 28.1. The van der Waals surface area contributed by atoms with Gasteiger partial charge in [0.2, 0.25) is 5.91 Å². The molecule has 124 valence electrons. The van der Waals surface area contributed by atoms with Gasteiger partial charge in [-0.25, -0.2) is 13.1 Å². The molecule has 1 aliphatic heterocycles. The molecule has 1 aromatic rings. The van der Waals surface area contributed by atoms with E-state index in [9.17, 15) is 13.2 Å². The lowest BCUT2D eigenvalue weighted by molar-refractivity contribution is -0.130. The van der Waals surface area contributed by atoms with Gasteiger partial charge >= 0.3 is 0 Å². The quantitative estimate of drug-likeness (QED) is 0.775. The highest BCUT2D eigenvalue weighted by atomic mass is 35.5. The largest absolute Gasteiger partial charge is 0.340 e. The Morgan fingerprint density at radius 3 is 2.50 bits per heavy atom. The lowest BCUT2D eigenvalue weighted by Crippen LogP contribution is -2.49. The highest BCUT2D eigenvalue weighted by Crippen LogP contribution is 2.19. The van der Waals surface area contributed by atoms with Crippen LogP contribution in [0.25, 0.3) is 0 Å². The van der Waals surface area contributed by atoms with Gasteiger partial charge in [-0.2, -0.15) is 5.10 Å². The third-order valence-corrected chi connectivity index (χ3v) is 5.60. The van der Waals surface area contributed by atoms with Gasteiger partial charge in [-0.05, 0) is 0 Å². The van der Waals surface area contributed by atoms with Crippen molar-refractivity contribution in [2.75, 3.05) is 39.3 Å². The number of aromatic nitrogens is 2. The first kappa shape index (κ1) is 17.2. The molecule has 0 bridgehead atoms. The molecule has 0 aromatic carbocycles. The van der Waals surface area contributed by atoms with Crippen LogP contribution < -0.4 is 4.72 Å². The van der Waals surface area contributed by atoms with Crippen LogP contribution in [-0.2, 0) is 21.9 Å². The second kappa shape index (κ2) is 6.95. The molecular weight excluding hydrogens is 330 g/mol. The maximum atomic E-state index is 12.2. The minimum atomic E-state index is -3.68. The average molecular weight is 350 g/mol. The van der Waals surface area contributed by atoms with Crippen LogP contribution in [0.2, 0.25) is 5.02 Å². The van der Waals surface area contributed by atoms with Crippen LogP contribution in [0.5, 0.6) is 0 Å². The van der Waals surface area contributed by atoms with E-state index in [-0.39, 0.29) is 22.5 Å². The summed E-state index contributed by atoms with van der Waals surface area (Å²) in [7, 11) is -2.15. The number of aryl methyl sites for hydroxylation is 1. The van der Waals surface area contributed by atoms with E-state index in [1.165, 1.54) is 17.9 Å². The molecule has 10 heteroatoms. The number of carbonyl (C=O) groups is 1. The van der Waals surface area contributed by atoms with Crippen LogP contribution in [0.4, 0.5) is 0 Å². The summed E-state index contributed by atoms with van der Waals surface area (Å²) in [5.74, 6) is 0.0752. The number of piperazine rings is 1. The van der Waals surface area contributed by atoms with Crippen LogP contribution >= 0.6 is 11.6 Å².